The summed E-state index contributed by atoms with van der Waals surface area (Å²) in [4.78, 5) is 21.2. The SMILES string of the molecule is Cc1ncc(NC(=O)c2cccc(C(F)(F)F)c2)cc1-c1ccc2c(CO)n[nH]c2n1. The van der Waals surface area contributed by atoms with E-state index in [4.69, 9.17) is 0 Å². The summed E-state index contributed by atoms with van der Waals surface area (Å²) in [6, 6.07) is 9.33. The minimum absolute atomic E-state index is 0.120. The van der Waals surface area contributed by atoms with E-state index in [-0.39, 0.29) is 12.2 Å². The van der Waals surface area contributed by atoms with Gasteiger partial charge in [-0.05, 0) is 43.3 Å². The van der Waals surface area contributed by atoms with E-state index in [9.17, 15) is 23.1 Å². The molecule has 0 radical (unpaired) electrons. The largest absolute Gasteiger partial charge is 0.416 e. The Balaban J connectivity index is 1.63. The summed E-state index contributed by atoms with van der Waals surface area (Å²) in [6.07, 6.45) is -3.12. The van der Waals surface area contributed by atoms with Crippen LogP contribution in [0.2, 0.25) is 0 Å². The third kappa shape index (κ3) is 4.10. The van der Waals surface area contributed by atoms with Crippen LogP contribution in [0.5, 0.6) is 0 Å². The maximum Gasteiger partial charge on any atom is 0.416 e. The molecule has 0 aliphatic carbocycles. The van der Waals surface area contributed by atoms with Crippen LogP contribution in [0.1, 0.15) is 27.3 Å². The van der Waals surface area contributed by atoms with Gasteiger partial charge in [0.25, 0.3) is 5.91 Å². The molecule has 158 valence electrons. The number of hydrogen-bond acceptors (Lipinski definition) is 5. The van der Waals surface area contributed by atoms with Gasteiger partial charge in [-0.1, -0.05) is 6.07 Å². The van der Waals surface area contributed by atoms with Crippen LogP contribution in [0.25, 0.3) is 22.3 Å². The van der Waals surface area contributed by atoms with E-state index in [2.05, 4.69) is 25.5 Å². The Morgan fingerprint density at radius 2 is 2.00 bits per heavy atom. The molecular weight excluding hydrogens is 411 g/mol. The van der Waals surface area contributed by atoms with E-state index >= 15 is 0 Å². The predicted octanol–water partition coefficient (Wildman–Crippen LogP) is 4.09. The average Bonchev–Trinajstić information content (AvgIpc) is 3.17. The number of hydrogen-bond donors (Lipinski definition) is 3. The van der Waals surface area contributed by atoms with Crippen LogP contribution < -0.4 is 5.32 Å². The number of halogens is 3. The third-order valence-corrected chi connectivity index (χ3v) is 4.73. The number of pyridine rings is 2. The number of aryl methyl sites for hydroxylation is 1. The smallest absolute Gasteiger partial charge is 0.390 e. The summed E-state index contributed by atoms with van der Waals surface area (Å²) in [5.74, 6) is -0.688. The second kappa shape index (κ2) is 7.80. The number of anilines is 1. The van der Waals surface area contributed by atoms with Crippen molar-refractivity contribution in [2.45, 2.75) is 19.7 Å². The Labute approximate surface area is 174 Å². The highest BCUT2D eigenvalue weighted by Crippen LogP contribution is 2.30. The summed E-state index contributed by atoms with van der Waals surface area (Å²) in [5.41, 5.74) is 2.08. The summed E-state index contributed by atoms with van der Waals surface area (Å²) in [5, 5.41) is 19.3. The molecule has 0 atom stereocenters. The molecule has 10 heteroatoms. The molecule has 1 aromatic carbocycles. The average molecular weight is 427 g/mol. The molecule has 3 heterocycles. The number of benzene rings is 1. The van der Waals surface area contributed by atoms with Gasteiger partial charge in [-0.3, -0.25) is 14.9 Å². The molecular formula is C21H16F3N5O2. The van der Waals surface area contributed by atoms with Gasteiger partial charge in [-0.25, -0.2) is 4.98 Å². The molecule has 4 rings (SSSR count). The van der Waals surface area contributed by atoms with E-state index in [1.165, 1.54) is 18.3 Å². The van der Waals surface area contributed by atoms with Gasteiger partial charge in [-0.2, -0.15) is 18.3 Å². The van der Waals surface area contributed by atoms with Crippen LogP contribution in [0.4, 0.5) is 18.9 Å². The van der Waals surface area contributed by atoms with Crippen molar-refractivity contribution in [3.05, 3.63) is 71.2 Å². The van der Waals surface area contributed by atoms with Crippen molar-refractivity contribution in [3.63, 3.8) is 0 Å². The normalized spacial score (nSPS) is 11.6. The number of carbonyl (C=O) groups is 1. The van der Waals surface area contributed by atoms with Crippen LogP contribution in [0.3, 0.4) is 0 Å². The standard InChI is InChI=1S/C21H16F3N5O2/c1-11-16(17-6-5-15-18(10-30)28-29-19(15)27-17)8-14(9-25-11)26-20(31)12-3-2-4-13(7-12)21(22,23)24/h2-9,30H,10H2,1H3,(H,26,31)(H,27,28,29). The number of aromatic amines is 1. The molecule has 3 aromatic heterocycles. The minimum Gasteiger partial charge on any atom is -0.390 e. The number of rotatable bonds is 4. The van der Waals surface area contributed by atoms with Gasteiger partial charge < -0.3 is 10.4 Å². The van der Waals surface area contributed by atoms with Gasteiger partial charge in [0, 0.05) is 22.2 Å². The quantitative estimate of drug-likeness (QED) is 0.455. The van der Waals surface area contributed by atoms with E-state index in [0.29, 0.717) is 39.4 Å². The number of fused-ring (bicyclic) bond motifs is 1. The summed E-state index contributed by atoms with van der Waals surface area (Å²) in [7, 11) is 0. The van der Waals surface area contributed by atoms with Gasteiger partial charge in [0.2, 0.25) is 0 Å². The molecule has 0 unspecified atom stereocenters. The van der Waals surface area contributed by atoms with E-state index in [1.807, 2.05) is 0 Å². The summed E-state index contributed by atoms with van der Waals surface area (Å²) in [6.45, 7) is 1.55. The molecule has 1 amide bonds. The predicted molar refractivity (Wildman–Crippen MR) is 107 cm³/mol. The fourth-order valence-electron chi connectivity index (χ4n) is 3.13. The first-order chi connectivity index (χ1) is 14.8. The highest BCUT2D eigenvalue weighted by Gasteiger charge is 2.30. The molecule has 31 heavy (non-hydrogen) atoms. The fraction of sp³-hybridized carbons (Fsp3) is 0.143. The number of amides is 1. The van der Waals surface area contributed by atoms with Crippen molar-refractivity contribution in [1.29, 1.82) is 0 Å². The monoisotopic (exact) mass is 427 g/mol. The fourth-order valence-corrected chi connectivity index (χ4v) is 3.13. The highest BCUT2D eigenvalue weighted by molar-refractivity contribution is 6.04. The van der Waals surface area contributed by atoms with E-state index in [1.54, 1.807) is 25.1 Å². The number of carbonyl (C=O) groups excluding carboxylic acids is 1. The first kappa shape index (κ1) is 20.5. The van der Waals surface area contributed by atoms with Gasteiger partial charge >= 0.3 is 6.18 Å². The molecule has 4 aromatic rings. The molecule has 7 nitrogen and oxygen atoms in total. The Morgan fingerprint density at radius 1 is 1.19 bits per heavy atom. The molecule has 0 spiro atoms. The zero-order valence-corrected chi connectivity index (χ0v) is 16.2. The molecule has 0 aliphatic rings. The first-order valence-electron chi connectivity index (χ1n) is 9.17. The zero-order chi connectivity index (χ0) is 22.2. The Morgan fingerprint density at radius 3 is 2.74 bits per heavy atom. The zero-order valence-electron chi connectivity index (χ0n) is 16.2. The lowest BCUT2D eigenvalue weighted by atomic mass is 10.1. The van der Waals surface area contributed by atoms with Crippen LogP contribution in [-0.4, -0.2) is 31.2 Å². The van der Waals surface area contributed by atoms with E-state index in [0.717, 1.165) is 12.1 Å². The third-order valence-electron chi connectivity index (χ3n) is 4.73. The van der Waals surface area contributed by atoms with Crippen molar-refractivity contribution in [3.8, 4) is 11.3 Å². The van der Waals surface area contributed by atoms with Crippen molar-refractivity contribution in [2.75, 3.05) is 5.32 Å². The van der Waals surface area contributed by atoms with Gasteiger partial charge in [-0.15, -0.1) is 0 Å². The maximum atomic E-state index is 12.9. The van der Waals surface area contributed by atoms with Crippen LogP contribution in [0.15, 0.2) is 48.7 Å². The molecule has 0 saturated heterocycles. The van der Waals surface area contributed by atoms with Crippen molar-refractivity contribution < 1.29 is 23.1 Å². The lowest BCUT2D eigenvalue weighted by Crippen LogP contribution is -2.14. The molecule has 0 bridgehead atoms. The summed E-state index contributed by atoms with van der Waals surface area (Å²) < 4.78 is 38.7. The Kier molecular flexibility index (Phi) is 5.15. The number of aliphatic hydroxyl groups is 1. The molecule has 3 N–H and O–H groups in total. The second-order valence-electron chi connectivity index (χ2n) is 6.81. The molecule has 0 fully saturated rings. The minimum atomic E-state index is -4.54. The lowest BCUT2D eigenvalue weighted by Gasteiger charge is -2.11. The number of nitrogens with one attached hydrogen (secondary N) is 2. The Bertz CT molecular complexity index is 1280. The van der Waals surface area contributed by atoms with Crippen molar-refractivity contribution >= 4 is 22.6 Å². The number of alkyl halides is 3. The molecule has 0 aliphatic heterocycles. The van der Waals surface area contributed by atoms with Gasteiger partial charge in [0.1, 0.15) is 0 Å². The highest BCUT2D eigenvalue weighted by atomic mass is 19.4. The van der Waals surface area contributed by atoms with Crippen LogP contribution in [0, 0.1) is 6.92 Å². The molecule has 0 saturated carbocycles. The second-order valence-corrected chi connectivity index (χ2v) is 6.81. The lowest BCUT2D eigenvalue weighted by molar-refractivity contribution is -0.137. The van der Waals surface area contributed by atoms with Gasteiger partial charge in [0.05, 0.1) is 35.4 Å². The Hall–Kier alpha value is -3.79. The van der Waals surface area contributed by atoms with Gasteiger partial charge in [0.15, 0.2) is 5.65 Å². The van der Waals surface area contributed by atoms with E-state index < -0.39 is 17.6 Å². The number of nitrogens with zero attached hydrogens (tertiary/aromatic N) is 3. The summed E-state index contributed by atoms with van der Waals surface area (Å²) >= 11 is 0. The van der Waals surface area contributed by atoms with Crippen molar-refractivity contribution in [2.24, 2.45) is 0 Å². The first-order valence-corrected chi connectivity index (χ1v) is 9.17. The number of aromatic nitrogens is 4. The topological polar surface area (TPSA) is 104 Å². The van der Waals surface area contributed by atoms with Crippen LogP contribution in [-0.2, 0) is 12.8 Å². The maximum absolute atomic E-state index is 12.9. The number of H-pyrrole nitrogens is 1. The van der Waals surface area contributed by atoms with Crippen molar-refractivity contribution in [1.82, 2.24) is 20.2 Å². The number of aliphatic hydroxyl groups excluding tert-OH is 1. The van der Waals surface area contributed by atoms with Crippen LogP contribution >= 0.6 is 0 Å².